The second kappa shape index (κ2) is 6.86. The maximum absolute atomic E-state index is 8.57. The molecule has 0 bridgehead atoms. The van der Waals surface area contributed by atoms with Gasteiger partial charge in [-0.3, -0.25) is 0 Å². The molecule has 0 fully saturated rings. The van der Waals surface area contributed by atoms with Crippen molar-refractivity contribution in [3.05, 3.63) is 29.8 Å². The topological polar surface area (TPSA) is 79.9 Å². The van der Waals surface area contributed by atoms with Gasteiger partial charge in [-0.05, 0) is 24.6 Å². The van der Waals surface area contributed by atoms with Crippen molar-refractivity contribution in [3.63, 3.8) is 0 Å². The zero-order chi connectivity index (χ0) is 13.5. The third-order valence-corrected chi connectivity index (χ3v) is 2.94. The predicted molar refractivity (Wildman–Crippen MR) is 72.0 cm³/mol. The molecule has 1 aromatic rings. The van der Waals surface area contributed by atoms with Gasteiger partial charge in [0, 0.05) is 18.5 Å². The molecule has 0 saturated heterocycles. The normalized spacial score (nSPS) is 15.2. The Hall–Kier alpha value is -1.75. The molecule has 0 radical (unpaired) electrons. The Labute approximate surface area is 108 Å². The van der Waals surface area contributed by atoms with Gasteiger partial charge in [-0.2, -0.15) is 0 Å². The highest BCUT2D eigenvalue weighted by molar-refractivity contribution is 5.82. The third-order valence-electron chi connectivity index (χ3n) is 2.94. The maximum Gasteiger partial charge on any atom is 0.143 e. The number of methoxy groups -OCH3 is 1. The quantitative estimate of drug-likeness (QED) is 0.311. The number of ether oxygens (including phenoxy) is 1. The van der Waals surface area contributed by atoms with Crippen LogP contribution in [0.15, 0.2) is 29.4 Å². The molecule has 1 aromatic carbocycles. The van der Waals surface area contributed by atoms with Gasteiger partial charge in [0.05, 0.1) is 7.11 Å². The molecule has 0 saturated carbocycles. The first-order chi connectivity index (χ1) is 8.58. The van der Waals surface area contributed by atoms with Crippen LogP contribution in [0, 0.1) is 5.92 Å². The molecule has 5 nitrogen and oxygen atoms in total. The van der Waals surface area contributed by atoms with Crippen LogP contribution >= 0.6 is 0 Å². The fraction of sp³-hybridized carbons (Fsp3) is 0.462. The standard InChI is InChI=1S/C13H21N3O2/c1-9(13(14)16-17)8-15-10(2)11-5-4-6-12(7-11)18-3/h4-7,9-10,15,17H,8H2,1-3H3,(H2,14,16)/t9?,10-/m1/s1. The zero-order valence-electron chi connectivity index (χ0n) is 11.1. The smallest absolute Gasteiger partial charge is 0.143 e. The summed E-state index contributed by atoms with van der Waals surface area (Å²) in [5.74, 6) is 1.06. The Kier molecular flexibility index (Phi) is 5.45. The monoisotopic (exact) mass is 251 g/mol. The van der Waals surface area contributed by atoms with Crippen LogP contribution in [0.2, 0.25) is 0 Å². The van der Waals surface area contributed by atoms with Gasteiger partial charge >= 0.3 is 0 Å². The lowest BCUT2D eigenvalue weighted by Gasteiger charge is -2.17. The van der Waals surface area contributed by atoms with Crippen LogP contribution in [0.25, 0.3) is 0 Å². The molecular formula is C13H21N3O2. The summed E-state index contributed by atoms with van der Waals surface area (Å²) in [5.41, 5.74) is 6.67. The van der Waals surface area contributed by atoms with Crippen molar-refractivity contribution in [3.8, 4) is 5.75 Å². The summed E-state index contributed by atoms with van der Waals surface area (Å²) >= 11 is 0. The van der Waals surface area contributed by atoms with Crippen molar-refractivity contribution in [2.24, 2.45) is 16.8 Å². The molecule has 0 spiro atoms. The van der Waals surface area contributed by atoms with Crippen molar-refractivity contribution < 1.29 is 9.94 Å². The molecule has 0 aromatic heterocycles. The maximum atomic E-state index is 8.57. The van der Waals surface area contributed by atoms with E-state index in [0.29, 0.717) is 6.54 Å². The molecule has 100 valence electrons. The molecule has 1 unspecified atom stereocenters. The molecule has 2 atom stereocenters. The van der Waals surface area contributed by atoms with E-state index in [2.05, 4.69) is 17.4 Å². The van der Waals surface area contributed by atoms with Gasteiger partial charge in [0.25, 0.3) is 0 Å². The van der Waals surface area contributed by atoms with Gasteiger partial charge in [0.15, 0.2) is 0 Å². The molecule has 0 aliphatic carbocycles. The van der Waals surface area contributed by atoms with Gasteiger partial charge in [-0.15, -0.1) is 0 Å². The summed E-state index contributed by atoms with van der Waals surface area (Å²) in [7, 11) is 1.65. The molecule has 18 heavy (non-hydrogen) atoms. The Morgan fingerprint density at radius 3 is 2.83 bits per heavy atom. The Bertz CT molecular complexity index is 407. The number of nitrogens with one attached hydrogen (secondary N) is 1. The number of hydrogen-bond acceptors (Lipinski definition) is 4. The van der Waals surface area contributed by atoms with Gasteiger partial charge in [0.2, 0.25) is 0 Å². The molecule has 0 amide bonds. The largest absolute Gasteiger partial charge is 0.497 e. The van der Waals surface area contributed by atoms with E-state index in [-0.39, 0.29) is 17.8 Å². The molecule has 0 aliphatic heterocycles. The van der Waals surface area contributed by atoms with E-state index in [1.165, 1.54) is 0 Å². The van der Waals surface area contributed by atoms with Crippen molar-refractivity contribution >= 4 is 5.84 Å². The van der Waals surface area contributed by atoms with Crippen LogP contribution in [0.4, 0.5) is 0 Å². The van der Waals surface area contributed by atoms with Crippen molar-refractivity contribution in [2.75, 3.05) is 13.7 Å². The number of nitrogens with zero attached hydrogens (tertiary/aromatic N) is 1. The van der Waals surface area contributed by atoms with Crippen LogP contribution in [0.3, 0.4) is 0 Å². The molecular weight excluding hydrogens is 230 g/mol. The summed E-state index contributed by atoms with van der Waals surface area (Å²) in [6.45, 7) is 4.61. The number of hydrogen-bond donors (Lipinski definition) is 3. The minimum atomic E-state index is -0.0111. The van der Waals surface area contributed by atoms with E-state index in [0.717, 1.165) is 11.3 Å². The van der Waals surface area contributed by atoms with Crippen LogP contribution < -0.4 is 15.8 Å². The van der Waals surface area contributed by atoms with Gasteiger partial charge in [0.1, 0.15) is 11.6 Å². The number of benzene rings is 1. The van der Waals surface area contributed by atoms with Crippen LogP contribution in [0.5, 0.6) is 5.75 Å². The van der Waals surface area contributed by atoms with Gasteiger partial charge < -0.3 is 21.0 Å². The number of nitrogens with two attached hydrogens (primary N) is 1. The lowest BCUT2D eigenvalue weighted by atomic mass is 10.1. The first-order valence-corrected chi connectivity index (χ1v) is 5.93. The highest BCUT2D eigenvalue weighted by atomic mass is 16.5. The minimum Gasteiger partial charge on any atom is -0.497 e. The van der Waals surface area contributed by atoms with Crippen LogP contribution in [-0.4, -0.2) is 24.7 Å². The van der Waals surface area contributed by atoms with E-state index >= 15 is 0 Å². The first kappa shape index (κ1) is 14.3. The van der Waals surface area contributed by atoms with Crippen molar-refractivity contribution in [1.29, 1.82) is 0 Å². The molecule has 1 rings (SSSR count). The van der Waals surface area contributed by atoms with E-state index in [4.69, 9.17) is 15.7 Å². The van der Waals surface area contributed by atoms with E-state index in [9.17, 15) is 0 Å². The second-order valence-corrected chi connectivity index (χ2v) is 4.33. The SMILES string of the molecule is COc1cccc([C@@H](C)NCC(C)/C(N)=N/O)c1. The fourth-order valence-electron chi connectivity index (χ4n) is 1.59. The Morgan fingerprint density at radius 1 is 1.50 bits per heavy atom. The van der Waals surface area contributed by atoms with E-state index in [1.54, 1.807) is 7.11 Å². The van der Waals surface area contributed by atoms with Gasteiger partial charge in [-0.1, -0.05) is 24.2 Å². The van der Waals surface area contributed by atoms with E-state index < -0.39 is 0 Å². The molecule has 0 aliphatic rings. The van der Waals surface area contributed by atoms with E-state index in [1.807, 2.05) is 31.2 Å². The summed E-state index contributed by atoms with van der Waals surface area (Å²) in [6.07, 6.45) is 0. The second-order valence-electron chi connectivity index (χ2n) is 4.33. The van der Waals surface area contributed by atoms with Crippen molar-refractivity contribution in [2.45, 2.75) is 19.9 Å². The average molecular weight is 251 g/mol. The number of rotatable bonds is 6. The summed E-state index contributed by atoms with van der Waals surface area (Å²) in [6, 6.07) is 8.07. The third kappa shape index (κ3) is 3.92. The van der Waals surface area contributed by atoms with Crippen molar-refractivity contribution in [1.82, 2.24) is 5.32 Å². The highest BCUT2D eigenvalue weighted by Gasteiger charge is 2.11. The summed E-state index contributed by atoms with van der Waals surface area (Å²) in [4.78, 5) is 0. The van der Waals surface area contributed by atoms with Crippen LogP contribution in [-0.2, 0) is 0 Å². The Balaban J connectivity index is 2.57. The summed E-state index contributed by atoms with van der Waals surface area (Å²) in [5, 5.41) is 14.9. The lowest BCUT2D eigenvalue weighted by molar-refractivity contribution is 0.313. The van der Waals surface area contributed by atoms with Crippen LogP contribution in [0.1, 0.15) is 25.5 Å². The molecule has 5 heteroatoms. The van der Waals surface area contributed by atoms with Gasteiger partial charge in [-0.25, -0.2) is 0 Å². The highest BCUT2D eigenvalue weighted by Crippen LogP contribution is 2.18. The minimum absolute atomic E-state index is 0.0111. The molecule has 4 N–H and O–H groups in total. The Morgan fingerprint density at radius 2 is 2.22 bits per heavy atom. The fourth-order valence-corrected chi connectivity index (χ4v) is 1.59. The summed E-state index contributed by atoms with van der Waals surface area (Å²) < 4.78 is 5.19. The predicted octanol–water partition coefficient (Wildman–Crippen LogP) is 1.73. The average Bonchev–Trinajstić information content (AvgIpc) is 2.43. The zero-order valence-corrected chi connectivity index (χ0v) is 11.1. The number of oxime groups is 1. The first-order valence-electron chi connectivity index (χ1n) is 5.93. The molecule has 0 heterocycles. The number of amidine groups is 1. The lowest BCUT2D eigenvalue weighted by Crippen LogP contribution is -2.32.